The number of hydrogen-bond acceptors (Lipinski definition) is 7. The van der Waals surface area contributed by atoms with Crippen LogP contribution < -0.4 is 4.90 Å². The van der Waals surface area contributed by atoms with Crippen molar-refractivity contribution in [2.45, 2.75) is 13.5 Å². The summed E-state index contributed by atoms with van der Waals surface area (Å²) in [5.74, 6) is 3.14. The molecule has 2 fully saturated rings. The Morgan fingerprint density at radius 3 is 2.48 bits per heavy atom. The number of anilines is 1. The van der Waals surface area contributed by atoms with Gasteiger partial charge < -0.3 is 4.90 Å². The van der Waals surface area contributed by atoms with E-state index in [4.69, 9.17) is 0 Å². The summed E-state index contributed by atoms with van der Waals surface area (Å²) < 4.78 is 1.77. The number of likely N-dealkylation sites (tertiary alicyclic amines) is 1. The molecule has 2 aliphatic rings. The second-order valence-corrected chi connectivity index (χ2v) is 7.45. The summed E-state index contributed by atoms with van der Waals surface area (Å²) >= 11 is 0. The molecule has 0 aliphatic carbocycles. The van der Waals surface area contributed by atoms with E-state index in [-0.39, 0.29) is 0 Å². The first-order valence-electron chi connectivity index (χ1n) is 9.31. The summed E-state index contributed by atoms with van der Waals surface area (Å²) in [6, 6.07) is 3.92. The van der Waals surface area contributed by atoms with Crippen LogP contribution in [0.4, 0.5) is 5.82 Å². The highest BCUT2D eigenvalue weighted by Crippen LogP contribution is 2.33. The van der Waals surface area contributed by atoms with Gasteiger partial charge in [0.15, 0.2) is 5.82 Å². The minimum Gasteiger partial charge on any atom is -0.356 e. The Labute approximate surface area is 157 Å². The molecule has 2 saturated heterocycles. The zero-order valence-corrected chi connectivity index (χ0v) is 15.3. The molecule has 3 aromatic rings. The Morgan fingerprint density at radius 2 is 1.78 bits per heavy atom. The van der Waals surface area contributed by atoms with Gasteiger partial charge in [0.2, 0.25) is 0 Å². The third-order valence-electron chi connectivity index (χ3n) is 5.48. The molecule has 5 heterocycles. The molecule has 2 atom stereocenters. The highest BCUT2D eigenvalue weighted by molar-refractivity contribution is 5.44. The fourth-order valence-electron chi connectivity index (χ4n) is 4.18. The molecule has 27 heavy (non-hydrogen) atoms. The van der Waals surface area contributed by atoms with E-state index in [1.165, 1.54) is 0 Å². The lowest BCUT2D eigenvalue weighted by atomic mass is 10.0. The maximum absolute atomic E-state index is 4.50. The Hall–Kier alpha value is -2.87. The minimum atomic E-state index is 0.673. The molecule has 138 valence electrons. The van der Waals surface area contributed by atoms with Gasteiger partial charge in [-0.25, -0.2) is 14.6 Å². The molecule has 0 bridgehead atoms. The largest absolute Gasteiger partial charge is 0.356 e. The summed E-state index contributed by atoms with van der Waals surface area (Å²) in [5, 5.41) is 4.26. The Balaban J connectivity index is 1.24. The molecule has 8 heteroatoms. The standard InChI is InChI=1S/C19H22N8/c1-14-6-21-17(7-20-14)12-25-8-15-10-26(11-16(15)9-25)18-5-19(23-13-22-18)27-4-2-3-24-27/h2-7,13,15-16H,8-12H2,1H3. The van der Waals surface area contributed by atoms with Crippen molar-refractivity contribution in [2.75, 3.05) is 31.1 Å². The van der Waals surface area contributed by atoms with Gasteiger partial charge in [-0.1, -0.05) is 0 Å². The number of nitrogens with zero attached hydrogens (tertiary/aromatic N) is 8. The van der Waals surface area contributed by atoms with Crippen molar-refractivity contribution >= 4 is 5.82 Å². The van der Waals surface area contributed by atoms with E-state index in [1.54, 1.807) is 17.2 Å². The molecule has 5 rings (SSSR count). The van der Waals surface area contributed by atoms with Crippen molar-refractivity contribution in [3.63, 3.8) is 0 Å². The smallest absolute Gasteiger partial charge is 0.158 e. The number of hydrogen-bond donors (Lipinski definition) is 0. The van der Waals surface area contributed by atoms with Crippen molar-refractivity contribution in [3.05, 3.63) is 54.6 Å². The highest BCUT2D eigenvalue weighted by Gasteiger charge is 2.40. The van der Waals surface area contributed by atoms with Crippen molar-refractivity contribution in [2.24, 2.45) is 11.8 Å². The zero-order chi connectivity index (χ0) is 18.2. The third-order valence-corrected chi connectivity index (χ3v) is 5.48. The van der Waals surface area contributed by atoms with E-state index in [0.29, 0.717) is 11.8 Å². The molecule has 8 nitrogen and oxygen atoms in total. The van der Waals surface area contributed by atoms with Crippen molar-refractivity contribution < 1.29 is 0 Å². The van der Waals surface area contributed by atoms with E-state index in [0.717, 1.165) is 55.7 Å². The van der Waals surface area contributed by atoms with Gasteiger partial charge in [-0.2, -0.15) is 5.10 Å². The van der Waals surface area contributed by atoms with Gasteiger partial charge in [-0.05, 0) is 24.8 Å². The molecule has 0 N–H and O–H groups in total. The average Bonchev–Trinajstić information content (AvgIpc) is 3.40. The lowest BCUT2D eigenvalue weighted by Crippen LogP contribution is -2.29. The zero-order valence-electron chi connectivity index (χ0n) is 15.3. The van der Waals surface area contributed by atoms with Crippen LogP contribution in [-0.4, -0.2) is 60.8 Å². The number of rotatable bonds is 4. The number of fused-ring (bicyclic) bond motifs is 1. The Kier molecular flexibility index (Phi) is 4.05. The fraction of sp³-hybridized carbons (Fsp3) is 0.421. The van der Waals surface area contributed by atoms with E-state index < -0.39 is 0 Å². The number of aromatic nitrogens is 6. The Morgan fingerprint density at radius 1 is 0.963 bits per heavy atom. The first-order valence-corrected chi connectivity index (χ1v) is 9.31. The van der Waals surface area contributed by atoms with Crippen LogP contribution in [0.1, 0.15) is 11.4 Å². The van der Waals surface area contributed by atoms with Gasteiger partial charge in [0.25, 0.3) is 0 Å². The van der Waals surface area contributed by atoms with Crippen LogP contribution >= 0.6 is 0 Å². The van der Waals surface area contributed by atoms with Crippen LogP contribution in [0.15, 0.2) is 43.2 Å². The molecule has 0 radical (unpaired) electrons. The van der Waals surface area contributed by atoms with Gasteiger partial charge in [0.1, 0.15) is 12.1 Å². The van der Waals surface area contributed by atoms with Gasteiger partial charge >= 0.3 is 0 Å². The first kappa shape index (κ1) is 16.3. The summed E-state index contributed by atoms with van der Waals surface area (Å²) in [7, 11) is 0. The van der Waals surface area contributed by atoms with E-state index in [2.05, 4.69) is 34.8 Å². The minimum absolute atomic E-state index is 0.673. The Bertz CT molecular complexity index is 894. The molecule has 2 aliphatic heterocycles. The normalized spacial score (nSPS) is 22.3. The molecule has 0 spiro atoms. The van der Waals surface area contributed by atoms with Crippen LogP contribution in [0, 0.1) is 18.8 Å². The van der Waals surface area contributed by atoms with Gasteiger partial charge in [-0.15, -0.1) is 0 Å². The van der Waals surface area contributed by atoms with Crippen molar-refractivity contribution in [1.82, 2.24) is 34.6 Å². The summed E-state index contributed by atoms with van der Waals surface area (Å²) in [6.45, 7) is 7.14. The van der Waals surface area contributed by atoms with Crippen LogP contribution in [0.2, 0.25) is 0 Å². The summed E-state index contributed by atoms with van der Waals surface area (Å²) in [5.41, 5.74) is 2.02. The molecule has 0 aromatic carbocycles. The predicted molar refractivity (Wildman–Crippen MR) is 100 cm³/mol. The van der Waals surface area contributed by atoms with Crippen LogP contribution in [0.3, 0.4) is 0 Å². The quantitative estimate of drug-likeness (QED) is 0.693. The number of aryl methyl sites for hydroxylation is 1. The van der Waals surface area contributed by atoms with E-state index >= 15 is 0 Å². The monoisotopic (exact) mass is 362 g/mol. The van der Waals surface area contributed by atoms with Crippen molar-refractivity contribution in [1.29, 1.82) is 0 Å². The SMILES string of the molecule is Cc1cnc(CN2CC3CN(c4cc(-n5cccn5)ncn4)CC3C2)cn1. The molecule has 2 unspecified atom stereocenters. The summed E-state index contributed by atoms with van der Waals surface area (Å²) in [6.07, 6.45) is 9.03. The topological polar surface area (TPSA) is 75.9 Å². The average molecular weight is 362 g/mol. The lowest BCUT2D eigenvalue weighted by molar-refractivity contribution is 0.304. The predicted octanol–water partition coefficient (Wildman–Crippen LogP) is 1.33. The molecular weight excluding hydrogens is 340 g/mol. The van der Waals surface area contributed by atoms with E-state index in [1.807, 2.05) is 37.6 Å². The second kappa shape index (κ2) is 6.70. The molecule has 0 saturated carbocycles. The maximum Gasteiger partial charge on any atom is 0.158 e. The highest BCUT2D eigenvalue weighted by atomic mass is 15.3. The van der Waals surface area contributed by atoms with Crippen LogP contribution in [0.5, 0.6) is 0 Å². The first-order chi connectivity index (χ1) is 13.2. The molecule has 3 aromatic heterocycles. The van der Waals surface area contributed by atoms with Gasteiger partial charge in [0.05, 0.1) is 11.4 Å². The van der Waals surface area contributed by atoms with Crippen molar-refractivity contribution in [3.8, 4) is 5.82 Å². The lowest BCUT2D eigenvalue weighted by Gasteiger charge is -2.22. The molecular formula is C19H22N8. The molecule has 0 amide bonds. The fourth-order valence-corrected chi connectivity index (χ4v) is 4.18. The van der Waals surface area contributed by atoms with Gasteiger partial charge in [0, 0.05) is 63.6 Å². The van der Waals surface area contributed by atoms with Crippen LogP contribution in [0.25, 0.3) is 5.82 Å². The van der Waals surface area contributed by atoms with E-state index in [9.17, 15) is 0 Å². The van der Waals surface area contributed by atoms with Gasteiger partial charge in [-0.3, -0.25) is 14.9 Å². The maximum atomic E-state index is 4.50. The summed E-state index contributed by atoms with van der Waals surface area (Å²) in [4.78, 5) is 22.6. The van der Waals surface area contributed by atoms with Crippen LogP contribution in [-0.2, 0) is 6.54 Å². The third kappa shape index (κ3) is 3.28. The second-order valence-electron chi connectivity index (χ2n) is 7.45.